The van der Waals surface area contributed by atoms with Crippen molar-refractivity contribution >= 4 is 5.91 Å². The summed E-state index contributed by atoms with van der Waals surface area (Å²) in [5.74, 6) is -1.97. The lowest BCUT2D eigenvalue weighted by Crippen LogP contribution is -2.34. The Kier molecular flexibility index (Phi) is 4.67. The van der Waals surface area contributed by atoms with Gasteiger partial charge in [-0.3, -0.25) is 4.79 Å². The Balaban J connectivity index is 2.28. The molecule has 10 heteroatoms. The summed E-state index contributed by atoms with van der Waals surface area (Å²) in [5, 5.41) is 28.5. The molecule has 2 aromatic rings. The molecular formula is C14H15F3N4O3. The van der Waals surface area contributed by atoms with E-state index < -0.39 is 24.5 Å². The highest BCUT2D eigenvalue weighted by atomic mass is 19.4. The predicted molar refractivity (Wildman–Crippen MR) is 77.6 cm³/mol. The Morgan fingerprint density at radius 1 is 1.25 bits per heavy atom. The minimum absolute atomic E-state index is 0.00782. The largest absolute Gasteiger partial charge is 0.508 e. The lowest BCUT2D eigenvalue weighted by Gasteiger charge is -2.11. The van der Waals surface area contributed by atoms with Gasteiger partial charge in [0.25, 0.3) is 5.91 Å². The summed E-state index contributed by atoms with van der Waals surface area (Å²) >= 11 is 0. The predicted octanol–water partition coefficient (Wildman–Crippen LogP) is 2.30. The molecule has 0 saturated heterocycles. The van der Waals surface area contributed by atoms with Crippen molar-refractivity contribution in [3.63, 3.8) is 0 Å². The van der Waals surface area contributed by atoms with Crippen molar-refractivity contribution in [1.29, 1.82) is 0 Å². The standard InChI is InChI=1S/C14H15F3N4O3/c1-6(2)7-3-8(10(23)4-9(7)22)11-19-12(21-20-11)13(24)18-5-14(15,16)17/h3-4,6,22-23H,5H2,1-2H3,(H,18,24)(H,19,20,21). The minimum atomic E-state index is -4.54. The second kappa shape index (κ2) is 6.38. The molecule has 0 saturated carbocycles. The van der Waals surface area contributed by atoms with Gasteiger partial charge in [0.2, 0.25) is 5.82 Å². The Morgan fingerprint density at radius 3 is 2.50 bits per heavy atom. The van der Waals surface area contributed by atoms with E-state index in [1.807, 2.05) is 13.8 Å². The van der Waals surface area contributed by atoms with Crippen LogP contribution in [0.25, 0.3) is 11.4 Å². The van der Waals surface area contributed by atoms with Crippen LogP contribution in [0.1, 0.15) is 35.9 Å². The third kappa shape index (κ3) is 3.94. The summed E-state index contributed by atoms with van der Waals surface area (Å²) in [6.45, 7) is 2.16. The maximum atomic E-state index is 12.1. The number of H-pyrrole nitrogens is 1. The summed E-state index contributed by atoms with van der Waals surface area (Å²) in [6.07, 6.45) is -4.54. The second-order valence-electron chi connectivity index (χ2n) is 5.40. The number of aromatic nitrogens is 3. The van der Waals surface area contributed by atoms with E-state index in [4.69, 9.17) is 0 Å². The van der Waals surface area contributed by atoms with Gasteiger partial charge >= 0.3 is 6.18 Å². The van der Waals surface area contributed by atoms with E-state index in [0.29, 0.717) is 5.56 Å². The number of hydrogen-bond donors (Lipinski definition) is 4. The molecule has 0 aliphatic heterocycles. The quantitative estimate of drug-likeness (QED) is 0.680. The van der Waals surface area contributed by atoms with Gasteiger partial charge in [-0.2, -0.15) is 13.2 Å². The Hall–Kier alpha value is -2.78. The van der Waals surface area contributed by atoms with E-state index >= 15 is 0 Å². The Bertz CT molecular complexity index is 756. The number of rotatable bonds is 4. The first-order valence-corrected chi connectivity index (χ1v) is 6.92. The molecule has 130 valence electrons. The first kappa shape index (κ1) is 17.6. The van der Waals surface area contributed by atoms with Gasteiger partial charge < -0.3 is 20.5 Å². The van der Waals surface area contributed by atoms with Crippen LogP contribution < -0.4 is 5.32 Å². The van der Waals surface area contributed by atoms with Crippen LogP contribution in [0.15, 0.2) is 12.1 Å². The number of carbonyl (C=O) groups is 1. The van der Waals surface area contributed by atoms with E-state index in [0.717, 1.165) is 6.07 Å². The molecule has 0 spiro atoms. The van der Waals surface area contributed by atoms with Crippen LogP contribution in [0, 0.1) is 0 Å². The van der Waals surface area contributed by atoms with Gasteiger partial charge in [-0.1, -0.05) is 13.8 Å². The van der Waals surface area contributed by atoms with Crippen molar-refractivity contribution in [2.75, 3.05) is 6.54 Å². The van der Waals surface area contributed by atoms with Crippen LogP contribution in [0.3, 0.4) is 0 Å². The van der Waals surface area contributed by atoms with Crippen molar-refractivity contribution in [3.8, 4) is 22.9 Å². The average molecular weight is 344 g/mol. The molecular weight excluding hydrogens is 329 g/mol. The number of hydrogen-bond acceptors (Lipinski definition) is 5. The van der Waals surface area contributed by atoms with Gasteiger partial charge in [-0.25, -0.2) is 0 Å². The normalized spacial score (nSPS) is 11.8. The molecule has 0 unspecified atom stereocenters. The average Bonchev–Trinajstić information content (AvgIpc) is 2.93. The summed E-state index contributed by atoms with van der Waals surface area (Å²) < 4.78 is 36.3. The fraction of sp³-hybridized carbons (Fsp3) is 0.357. The number of alkyl halides is 3. The number of phenols is 2. The van der Waals surface area contributed by atoms with Gasteiger partial charge in [0, 0.05) is 6.07 Å². The molecule has 0 aliphatic rings. The number of nitrogens with zero attached hydrogens (tertiary/aromatic N) is 2. The van der Waals surface area contributed by atoms with E-state index in [-0.39, 0.29) is 28.8 Å². The van der Waals surface area contributed by atoms with Crippen LogP contribution in [0.4, 0.5) is 13.2 Å². The van der Waals surface area contributed by atoms with Crippen LogP contribution in [-0.2, 0) is 0 Å². The first-order chi connectivity index (χ1) is 11.1. The third-order valence-corrected chi connectivity index (χ3v) is 3.17. The SMILES string of the molecule is CC(C)c1cc(-c2nnc(C(=O)NCC(F)(F)F)[nH]2)c(O)cc1O. The molecule has 7 nitrogen and oxygen atoms in total. The van der Waals surface area contributed by atoms with Crippen molar-refractivity contribution in [2.45, 2.75) is 25.9 Å². The highest BCUT2D eigenvalue weighted by Crippen LogP contribution is 2.36. The lowest BCUT2D eigenvalue weighted by atomic mass is 9.98. The molecule has 0 bridgehead atoms. The molecule has 0 fully saturated rings. The fourth-order valence-electron chi connectivity index (χ4n) is 2.00. The molecule has 1 aromatic carbocycles. The Labute approximate surface area is 134 Å². The van der Waals surface area contributed by atoms with Crippen LogP contribution in [0.5, 0.6) is 11.5 Å². The van der Waals surface area contributed by atoms with E-state index in [1.54, 1.807) is 5.32 Å². The molecule has 24 heavy (non-hydrogen) atoms. The first-order valence-electron chi connectivity index (χ1n) is 6.92. The van der Waals surface area contributed by atoms with Crippen molar-refractivity contribution < 1.29 is 28.2 Å². The number of benzene rings is 1. The molecule has 1 amide bonds. The highest BCUT2D eigenvalue weighted by Gasteiger charge is 2.28. The van der Waals surface area contributed by atoms with Crippen molar-refractivity contribution in [2.24, 2.45) is 0 Å². The van der Waals surface area contributed by atoms with E-state index in [1.165, 1.54) is 6.07 Å². The zero-order chi connectivity index (χ0) is 18.1. The molecule has 0 atom stereocenters. The third-order valence-electron chi connectivity index (χ3n) is 3.17. The van der Waals surface area contributed by atoms with Gasteiger partial charge in [0.15, 0.2) is 5.82 Å². The van der Waals surface area contributed by atoms with E-state index in [2.05, 4.69) is 15.2 Å². The zero-order valence-electron chi connectivity index (χ0n) is 12.8. The topological polar surface area (TPSA) is 111 Å². The highest BCUT2D eigenvalue weighted by molar-refractivity contribution is 5.91. The summed E-state index contributed by atoms with van der Waals surface area (Å²) in [6, 6.07) is 2.59. The Morgan fingerprint density at radius 2 is 1.92 bits per heavy atom. The summed E-state index contributed by atoms with van der Waals surface area (Å²) in [7, 11) is 0. The molecule has 0 radical (unpaired) electrons. The van der Waals surface area contributed by atoms with Gasteiger partial charge in [-0.05, 0) is 17.5 Å². The van der Waals surface area contributed by atoms with Crippen molar-refractivity contribution in [1.82, 2.24) is 20.5 Å². The lowest BCUT2D eigenvalue weighted by molar-refractivity contribution is -0.123. The smallest absolute Gasteiger partial charge is 0.405 e. The van der Waals surface area contributed by atoms with Crippen LogP contribution in [0.2, 0.25) is 0 Å². The number of carbonyl (C=O) groups excluding carboxylic acids is 1. The molecule has 2 rings (SSSR count). The molecule has 1 heterocycles. The van der Waals surface area contributed by atoms with E-state index in [9.17, 15) is 28.2 Å². The maximum Gasteiger partial charge on any atom is 0.405 e. The minimum Gasteiger partial charge on any atom is -0.508 e. The van der Waals surface area contributed by atoms with Crippen molar-refractivity contribution in [3.05, 3.63) is 23.5 Å². The van der Waals surface area contributed by atoms with Gasteiger partial charge in [0.1, 0.15) is 18.0 Å². The second-order valence-corrected chi connectivity index (χ2v) is 5.40. The number of halogens is 3. The summed E-state index contributed by atoms with van der Waals surface area (Å²) in [4.78, 5) is 14.1. The van der Waals surface area contributed by atoms with Gasteiger partial charge in [-0.15, -0.1) is 10.2 Å². The number of phenolic OH excluding ortho intramolecular Hbond substituents is 2. The molecule has 0 aliphatic carbocycles. The van der Waals surface area contributed by atoms with Crippen LogP contribution in [-0.4, -0.2) is 44.0 Å². The monoisotopic (exact) mass is 344 g/mol. The molecule has 1 aromatic heterocycles. The fourth-order valence-corrected chi connectivity index (χ4v) is 2.00. The number of aromatic hydroxyl groups is 2. The summed E-state index contributed by atoms with van der Waals surface area (Å²) in [5.41, 5.74) is 0.696. The zero-order valence-corrected chi connectivity index (χ0v) is 12.8. The number of nitrogens with one attached hydrogen (secondary N) is 2. The maximum absolute atomic E-state index is 12.1. The number of amides is 1. The molecule has 4 N–H and O–H groups in total. The van der Waals surface area contributed by atoms with Crippen LogP contribution >= 0.6 is 0 Å². The number of aromatic amines is 1. The van der Waals surface area contributed by atoms with Gasteiger partial charge in [0.05, 0.1) is 5.56 Å².